The van der Waals surface area contributed by atoms with Gasteiger partial charge in [-0.2, -0.15) is 0 Å². The average molecular weight is 339 g/mol. The van der Waals surface area contributed by atoms with Crippen molar-refractivity contribution >= 4 is 17.5 Å². The van der Waals surface area contributed by atoms with Gasteiger partial charge in [0.1, 0.15) is 5.75 Å². The summed E-state index contributed by atoms with van der Waals surface area (Å²) < 4.78 is 5.47. The second-order valence-electron chi connectivity index (χ2n) is 7.06. The summed E-state index contributed by atoms with van der Waals surface area (Å²) in [6.07, 6.45) is 0.562. The molecule has 132 valence electrons. The number of ether oxygens (including phenoxy) is 1. The molecule has 5 heteroatoms. The van der Waals surface area contributed by atoms with Gasteiger partial charge < -0.3 is 15.0 Å². The number of carbonyl (C=O) groups excluding carboxylic acids is 1. The molecule has 3 rings (SSSR count). The lowest BCUT2D eigenvalue weighted by molar-refractivity contribution is 0.215. The smallest absolute Gasteiger partial charge is 0.410 e. The molecular formula is C20H25N3O2. The van der Waals surface area contributed by atoms with E-state index in [1.54, 1.807) is 0 Å². The van der Waals surface area contributed by atoms with Crippen molar-refractivity contribution in [1.82, 2.24) is 4.90 Å². The van der Waals surface area contributed by atoms with Crippen LogP contribution in [0.25, 0.3) is 0 Å². The van der Waals surface area contributed by atoms with E-state index >= 15 is 0 Å². The maximum atomic E-state index is 12.1. The Morgan fingerprint density at radius 2 is 2.00 bits per heavy atom. The lowest BCUT2D eigenvalue weighted by Crippen LogP contribution is -2.29. The van der Waals surface area contributed by atoms with Crippen LogP contribution in [0.2, 0.25) is 0 Å². The highest BCUT2D eigenvalue weighted by atomic mass is 16.6. The van der Waals surface area contributed by atoms with E-state index in [0.717, 1.165) is 25.2 Å². The largest absolute Gasteiger partial charge is 0.417 e. The van der Waals surface area contributed by atoms with Gasteiger partial charge in [0.25, 0.3) is 0 Å². The third-order valence-electron chi connectivity index (χ3n) is 4.65. The van der Waals surface area contributed by atoms with Crippen molar-refractivity contribution in [3.05, 3.63) is 54.1 Å². The number of carbonyl (C=O) groups is 1. The number of amides is 1. The Morgan fingerprint density at radius 1 is 1.24 bits per heavy atom. The van der Waals surface area contributed by atoms with Crippen molar-refractivity contribution in [2.45, 2.75) is 18.8 Å². The number of hydrogen-bond acceptors (Lipinski definition) is 4. The predicted molar refractivity (Wildman–Crippen MR) is 102 cm³/mol. The number of anilines is 2. The van der Waals surface area contributed by atoms with Crippen molar-refractivity contribution in [3.8, 4) is 5.75 Å². The summed E-state index contributed by atoms with van der Waals surface area (Å²) in [5.74, 6) is 0.562. The number of nitrogens with zero attached hydrogens (tertiary/aromatic N) is 1. The molecule has 2 aromatic carbocycles. The first-order valence-corrected chi connectivity index (χ1v) is 8.53. The van der Waals surface area contributed by atoms with E-state index in [4.69, 9.17) is 4.74 Å². The third kappa shape index (κ3) is 4.12. The summed E-state index contributed by atoms with van der Waals surface area (Å²) in [5, 5.41) is 6.20. The first-order valence-electron chi connectivity index (χ1n) is 8.53. The number of rotatable bonds is 5. The molecule has 0 fully saturated rings. The fourth-order valence-corrected chi connectivity index (χ4v) is 3.09. The SMILES string of the molecule is CN(C)CC[C@]1(C)CNc2ccc(OC(=O)Nc3ccccc3)cc21. The van der Waals surface area contributed by atoms with Gasteiger partial charge in [-0.15, -0.1) is 0 Å². The van der Waals surface area contributed by atoms with Gasteiger partial charge in [0.05, 0.1) is 0 Å². The Labute approximate surface area is 149 Å². The molecule has 5 nitrogen and oxygen atoms in total. The van der Waals surface area contributed by atoms with E-state index in [0.29, 0.717) is 11.4 Å². The fraction of sp³-hybridized carbons (Fsp3) is 0.350. The molecule has 0 unspecified atom stereocenters. The first-order chi connectivity index (χ1) is 12.0. The molecule has 25 heavy (non-hydrogen) atoms. The quantitative estimate of drug-likeness (QED) is 0.866. The molecular weight excluding hydrogens is 314 g/mol. The first kappa shape index (κ1) is 17.3. The topological polar surface area (TPSA) is 53.6 Å². The van der Waals surface area contributed by atoms with Gasteiger partial charge in [0.15, 0.2) is 0 Å². The minimum atomic E-state index is -0.480. The summed E-state index contributed by atoms with van der Waals surface area (Å²) >= 11 is 0. The number of para-hydroxylation sites is 1. The molecule has 1 aliphatic rings. The van der Waals surface area contributed by atoms with E-state index in [2.05, 4.69) is 36.6 Å². The molecule has 2 N–H and O–H groups in total. The van der Waals surface area contributed by atoms with Gasteiger partial charge in [-0.25, -0.2) is 4.79 Å². The molecule has 0 saturated heterocycles. The van der Waals surface area contributed by atoms with Crippen molar-refractivity contribution in [1.29, 1.82) is 0 Å². The van der Waals surface area contributed by atoms with Crippen molar-refractivity contribution in [2.24, 2.45) is 0 Å². The van der Waals surface area contributed by atoms with Crippen LogP contribution in [-0.4, -0.2) is 38.2 Å². The number of benzene rings is 2. The van der Waals surface area contributed by atoms with Gasteiger partial charge >= 0.3 is 6.09 Å². The zero-order chi connectivity index (χ0) is 17.9. The van der Waals surface area contributed by atoms with Gasteiger partial charge in [-0.1, -0.05) is 25.1 Å². The van der Waals surface area contributed by atoms with E-state index in [-0.39, 0.29) is 5.41 Å². The minimum absolute atomic E-state index is 0.0366. The van der Waals surface area contributed by atoms with Crippen LogP contribution in [0, 0.1) is 0 Å². The lowest BCUT2D eigenvalue weighted by Gasteiger charge is -2.26. The van der Waals surface area contributed by atoms with Crippen molar-refractivity contribution in [3.63, 3.8) is 0 Å². The van der Waals surface area contributed by atoms with Gasteiger partial charge in [0.2, 0.25) is 0 Å². The average Bonchev–Trinajstić information content (AvgIpc) is 2.91. The molecule has 0 saturated carbocycles. The number of nitrogens with one attached hydrogen (secondary N) is 2. The second kappa shape index (κ2) is 7.15. The summed E-state index contributed by atoms with van der Waals surface area (Å²) in [7, 11) is 4.17. The molecule has 1 atom stereocenters. The van der Waals surface area contributed by atoms with E-state index in [9.17, 15) is 4.79 Å². The van der Waals surface area contributed by atoms with Crippen LogP contribution in [0.15, 0.2) is 48.5 Å². The number of hydrogen-bond donors (Lipinski definition) is 2. The van der Waals surface area contributed by atoms with E-state index in [1.807, 2.05) is 48.5 Å². The van der Waals surface area contributed by atoms with Gasteiger partial charge in [-0.3, -0.25) is 5.32 Å². The summed E-state index contributed by atoms with van der Waals surface area (Å²) in [5.41, 5.74) is 3.08. The molecule has 0 radical (unpaired) electrons. The van der Waals surface area contributed by atoms with Crippen LogP contribution in [0.3, 0.4) is 0 Å². The Bertz CT molecular complexity index is 746. The minimum Gasteiger partial charge on any atom is -0.410 e. The Kier molecular flexibility index (Phi) is 4.95. The van der Waals surface area contributed by atoms with E-state index in [1.165, 1.54) is 5.56 Å². The van der Waals surface area contributed by atoms with Crippen LogP contribution in [0.4, 0.5) is 16.2 Å². The standard InChI is InChI=1S/C20H25N3O2/c1-20(11-12-23(2)3)14-21-18-10-9-16(13-17(18)20)25-19(24)22-15-7-5-4-6-8-15/h4-10,13,21H,11-12,14H2,1-3H3,(H,22,24)/t20-/m1/s1. The highest BCUT2D eigenvalue weighted by Gasteiger charge is 2.34. The third-order valence-corrected chi connectivity index (χ3v) is 4.65. The van der Waals surface area contributed by atoms with Crippen LogP contribution >= 0.6 is 0 Å². The Hall–Kier alpha value is -2.53. The maximum Gasteiger partial charge on any atom is 0.417 e. The maximum absolute atomic E-state index is 12.1. The van der Waals surface area contributed by atoms with Gasteiger partial charge in [-0.05, 0) is 63.0 Å². The molecule has 1 heterocycles. The molecule has 0 aliphatic carbocycles. The monoisotopic (exact) mass is 339 g/mol. The van der Waals surface area contributed by atoms with Crippen LogP contribution in [0.5, 0.6) is 5.75 Å². The Balaban J connectivity index is 1.71. The zero-order valence-corrected chi connectivity index (χ0v) is 15.0. The summed E-state index contributed by atoms with van der Waals surface area (Å²) in [4.78, 5) is 14.3. The summed E-state index contributed by atoms with van der Waals surface area (Å²) in [6.45, 7) is 4.16. The van der Waals surface area contributed by atoms with Crippen molar-refractivity contribution < 1.29 is 9.53 Å². The van der Waals surface area contributed by atoms with Crippen LogP contribution in [-0.2, 0) is 5.41 Å². The molecule has 0 bridgehead atoms. The molecule has 1 amide bonds. The molecule has 0 aromatic heterocycles. The van der Waals surface area contributed by atoms with Crippen molar-refractivity contribution in [2.75, 3.05) is 37.8 Å². The fourth-order valence-electron chi connectivity index (χ4n) is 3.09. The Morgan fingerprint density at radius 3 is 2.72 bits per heavy atom. The highest BCUT2D eigenvalue weighted by molar-refractivity contribution is 5.86. The van der Waals surface area contributed by atoms with Gasteiger partial charge in [0, 0.05) is 23.3 Å². The zero-order valence-electron chi connectivity index (χ0n) is 15.0. The molecule has 1 aliphatic heterocycles. The molecule has 0 spiro atoms. The second-order valence-corrected chi connectivity index (χ2v) is 7.06. The van der Waals surface area contributed by atoms with Crippen LogP contribution < -0.4 is 15.4 Å². The predicted octanol–water partition coefficient (Wildman–Crippen LogP) is 3.93. The van der Waals surface area contributed by atoms with E-state index < -0.39 is 6.09 Å². The lowest BCUT2D eigenvalue weighted by atomic mass is 9.81. The van der Waals surface area contributed by atoms with Crippen LogP contribution in [0.1, 0.15) is 18.9 Å². The molecule has 2 aromatic rings. The summed E-state index contributed by atoms with van der Waals surface area (Å²) in [6, 6.07) is 15.1. The number of fused-ring (bicyclic) bond motifs is 1. The highest BCUT2D eigenvalue weighted by Crippen LogP contribution is 2.41. The normalized spacial score (nSPS) is 18.6.